The first kappa shape index (κ1) is 14.7. The van der Waals surface area contributed by atoms with Gasteiger partial charge in [0.25, 0.3) is 0 Å². The molecule has 0 aliphatic carbocycles. The number of rotatable bonds is 0. The van der Waals surface area contributed by atoms with Crippen LogP contribution in [0.15, 0.2) is 36.3 Å². The van der Waals surface area contributed by atoms with Crippen LogP contribution in [0, 0.1) is 10.1 Å². The zero-order chi connectivity index (χ0) is 16.3. The second-order valence-corrected chi connectivity index (χ2v) is 6.61. The molecule has 3 rings (SSSR count). The van der Waals surface area contributed by atoms with Crippen molar-refractivity contribution in [1.82, 2.24) is 10.1 Å². The smallest absolute Gasteiger partial charge is 0.373 e. The van der Waals surface area contributed by atoms with E-state index < -0.39 is 11.1 Å². The number of hydrogen-bond acceptors (Lipinski definition) is 4. The molecule has 0 spiro atoms. The molecule has 1 saturated heterocycles. The Balaban J connectivity index is 2.31. The largest absolute Gasteiger partial charge is 0.754 e. The fourth-order valence-corrected chi connectivity index (χ4v) is 2.72. The molecule has 2 heterocycles. The predicted octanol–water partition coefficient (Wildman–Crippen LogP) is 3.09. The van der Waals surface area contributed by atoms with Crippen molar-refractivity contribution in [2.75, 3.05) is 0 Å². The summed E-state index contributed by atoms with van der Waals surface area (Å²) < 4.78 is 0.663. The molecule has 22 heavy (non-hydrogen) atoms. The van der Waals surface area contributed by atoms with Crippen LogP contribution < -0.4 is 0 Å². The summed E-state index contributed by atoms with van der Waals surface area (Å²) in [5.74, 6) is -0.137. The van der Waals surface area contributed by atoms with Crippen LogP contribution in [0.25, 0.3) is 11.8 Å². The van der Waals surface area contributed by atoms with Gasteiger partial charge in [-0.2, -0.15) is 0 Å². The van der Waals surface area contributed by atoms with Crippen LogP contribution in [0.1, 0.15) is 38.8 Å². The Morgan fingerprint density at radius 3 is 2.36 bits per heavy atom. The molecule has 1 aromatic carbocycles. The minimum Gasteiger partial charge on any atom is -0.754 e. The third kappa shape index (κ3) is 1.68. The Bertz CT molecular complexity index is 719. The average Bonchev–Trinajstić information content (AvgIpc) is 2.59. The van der Waals surface area contributed by atoms with Crippen molar-refractivity contribution in [2.45, 2.75) is 38.8 Å². The minimum atomic E-state index is -0.950. The van der Waals surface area contributed by atoms with E-state index in [9.17, 15) is 15.3 Å². The van der Waals surface area contributed by atoms with E-state index >= 15 is 0 Å². The highest BCUT2D eigenvalue weighted by Gasteiger charge is 2.66. The number of nitroso groups, excluding NO2 is 1. The summed E-state index contributed by atoms with van der Waals surface area (Å²) in [5, 5.41) is 26.3. The van der Waals surface area contributed by atoms with E-state index in [2.05, 4.69) is 0 Å². The second kappa shape index (κ2) is 4.41. The summed E-state index contributed by atoms with van der Waals surface area (Å²) in [6.07, 6.45) is 2.99. The van der Waals surface area contributed by atoms with Crippen molar-refractivity contribution in [2.24, 2.45) is 0 Å². The molecule has 0 aromatic heterocycles. The monoisotopic (exact) mass is 300 g/mol. The highest BCUT2D eigenvalue weighted by molar-refractivity contribution is 5.78. The van der Waals surface area contributed by atoms with Crippen molar-refractivity contribution >= 4 is 11.8 Å². The standard InChI is InChI=1S/C16H18N3O3/c1-15(2)16(3,4)19(22)14(18(15)21)13-12-8-6-5-7-11(12)9-10-17(13)20/h5-10H,1-4H3. The first-order valence-corrected chi connectivity index (χ1v) is 7.12. The maximum atomic E-state index is 12.7. The SMILES string of the molecule is CC1(C)N([O])/C(=C2\c3ccccc3C=CN2[O-])[N+](=O)C1(C)C. The van der Waals surface area contributed by atoms with Crippen LogP contribution in [0.4, 0.5) is 0 Å². The van der Waals surface area contributed by atoms with Gasteiger partial charge in [0.05, 0.1) is 0 Å². The summed E-state index contributed by atoms with van der Waals surface area (Å²) in [5.41, 5.74) is -0.407. The Kier molecular flexibility index (Phi) is 2.95. The molecule has 115 valence electrons. The van der Waals surface area contributed by atoms with Gasteiger partial charge in [-0.1, -0.05) is 34.2 Å². The Hall–Kier alpha value is -2.18. The topological polar surface area (TPSA) is 69.5 Å². The van der Waals surface area contributed by atoms with Gasteiger partial charge in [0.1, 0.15) is 5.70 Å². The fourth-order valence-electron chi connectivity index (χ4n) is 2.72. The van der Waals surface area contributed by atoms with Gasteiger partial charge in [-0.25, -0.2) is 0 Å². The molecular weight excluding hydrogens is 282 g/mol. The molecule has 2 aliphatic heterocycles. The average molecular weight is 300 g/mol. The summed E-state index contributed by atoms with van der Waals surface area (Å²) in [7, 11) is 0. The second-order valence-electron chi connectivity index (χ2n) is 6.61. The zero-order valence-corrected chi connectivity index (χ0v) is 13.0. The van der Waals surface area contributed by atoms with Gasteiger partial charge in [-0.15, -0.1) is 0 Å². The van der Waals surface area contributed by atoms with Crippen LogP contribution in [0.5, 0.6) is 0 Å². The number of nitrogens with zero attached hydrogens (tertiary/aromatic N) is 3. The summed E-state index contributed by atoms with van der Waals surface area (Å²) in [6.45, 7) is 6.83. The van der Waals surface area contributed by atoms with Gasteiger partial charge in [0, 0.05) is 10.8 Å². The van der Waals surface area contributed by atoms with Gasteiger partial charge in [0.15, 0.2) is 11.1 Å². The van der Waals surface area contributed by atoms with E-state index in [4.69, 9.17) is 0 Å². The van der Waals surface area contributed by atoms with E-state index in [1.807, 2.05) is 12.1 Å². The third-order valence-electron chi connectivity index (χ3n) is 4.93. The molecule has 0 N–H and O–H groups in total. The first-order chi connectivity index (χ1) is 10.2. The summed E-state index contributed by atoms with van der Waals surface area (Å²) in [4.78, 5) is 12.7. The van der Waals surface area contributed by atoms with Crippen molar-refractivity contribution in [3.8, 4) is 0 Å². The predicted molar refractivity (Wildman–Crippen MR) is 81.9 cm³/mol. The lowest BCUT2D eigenvalue weighted by molar-refractivity contribution is -0.567. The van der Waals surface area contributed by atoms with Gasteiger partial charge < -0.3 is 10.3 Å². The molecule has 6 nitrogen and oxygen atoms in total. The number of benzene rings is 1. The molecule has 1 aromatic rings. The van der Waals surface area contributed by atoms with E-state index in [-0.39, 0.29) is 11.5 Å². The lowest BCUT2D eigenvalue weighted by atomic mass is 9.84. The zero-order valence-electron chi connectivity index (χ0n) is 13.0. The van der Waals surface area contributed by atoms with Crippen molar-refractivity contribution in [1.29, 1.82) is 0 Å². The summed E-state index contributed by atoms with van der Waals surface area (Å²) in [6, 6.07) is 7.21. The van der Waals surface area contributed by atoms with Gasteiger partial charge >= 0.3 is 5.82 Å². The quantitative estimate of drug-likeness (QED) is 0.690. The fraction of sp³-hybridized carbons (Fsp3) is 0.375. The third-order valence-corrected chi connectivity index (χ3v) is 4.93. The molecule has 0 unspecified atom stereocenters. The number of hydrogen-bond donors (Lipinski definition) is 0. The lowest BCUT2D eigenvalue weighted by Crippen LogP contribution is -2.50. The molecule has 0 atom stereocenters. The van der Waals surface area contributed by atoms with E-state index in [1.54, 1.807) is 45.9 Å². The van der Waals surface area contributed by atoms with Crippen LogP contribution in [-0.2, 0) is 5.21 Å². The Morgan fingerprint density at radius 1 is 1.14 bits per heavy atom. The maximum Gasteiger partial charge on any atom is 0.373 e. The summed E-state index contributed by atoms with van der Waals surface area (Å²) >= 11 is 0. The molecule has 6 heteroatoms. The van der Waals surface area contributed by atoms with Gasteiger partial charge in [-0.05, 0) is 50.3 Å². The molecule has 0 bridgehead atoms. The van der Waals surface area contributed by atoms with Crippen molar-refractivity contribution in [3.63, 3.8) is 0 Å². The van der Waals surface area contributed by atoms with Crippen molar-refractivity contribution < 1.29 is 9.97 Å². The van der Waals surface area contributed by atoms with E-state index in [0.29, 0.717) is 20.4 Å². The Morgan fingerprint density at radius 2 is 1.77 bits per heavy atom. The first-order valence-electron chi connectivity index (χ1n) is 7.12. The number of hydroxylamine groups is 4. The lowest BCUT2D eigenvalue weighted by Gasteiger charge is -2.32. The molecular formula is C16H18N3O3. The van der Waals surface area contributed by atoms with E-state index in [0.717, 1.165) is 5.56 Å². The molecule has 2 aliphatic rings. The molecule has 1 fully saturated rings. The van der Waals surface area contributed by atoms with Crippen LogP contribution in [0.3, 0.4) is 0 Å². The molecule has 0 amide bonds. The van der Waals surface area contributed by atoms with Crippen LogP contribution >= 0.6 is 0 Å². The maximum absolute atomic E-state index is 12.7. The molecule has 1 radical (unpaired) electrons. The highest BCUT2D eigenvalue weighted by Crippen LogP contribution is 2.45. The van der Waals surface area contributed by atoms with Crippen molar-refractivity contribution in [3.05, 3.63) is 57.5 Å². The minimum absolute atomic E-state index is 0.0988. The normalized spacial score (nSPS) is 25.6. The van der Waals surface area contributed by atoms with Crippen LogP contribution in [-0.4, -0.2) is 26.0 Å². The van der Waals surface area contributed by atoms with Gasteiger partial charge in [-0.3, -0.25) is 0 Å². The highest BCUT2D eigenvalue weighted by atomic mass is 16.5. The van der Waals surface area contributed by atoms with E-state index in [1.165, 1.54) is 6.20 Å². The van der Waals surface area contributed by atoms with Crippen LogP contribution in [0.2, 0.25) is 0 Å². The van der Waals surface area contributed by atoms with Gasteiger partial charge in [0.2, 0.25) is 0 Å². The molecule has 0 saturated carbocycles. The Labute approximate surface area is 129 Å². The number of fused-ring (bicyclic) bond motifs is 1.